The maximum atomic E-state index is 13.2. The van der Waals surface area contributed by atoms with E-state index in [1.165, 1.54) is 4.90 Å². The molecule has 4 amide bonds. The normalized spacial score (nSPS) is 24.3. The van der Waals surface area contributed by atoms with Gasteiger partial charge in [0.25, 0.3) is 11.8 Å². The smallest absolute Gasteiger partial charge is 0.404 e. The minimum absolute atomic E-state index is 0.0936. The van der Waals surface area contributed by atoms with Crippen LogP contribution < -0.4 is 10.5 Å². The van der Waals surface area contributed by atoms with Crippen molar-refractivity contribution >= 4 is 31.9 Å². The van der Waals surface area contributed by atoms with Crippen LogP contribution in [0.5, 0.6) is 5.75 Å². The van der Waals surface area contributed by atoms with Crippen molar-refractivity contribution in [3.63, 3.8) is 0 Å². The molecule has 1 aromatic rings. The van der Waals surface area contributed by atoms with Gasteiger partial charge in [0.15, 0.2) is 12.2 Å². The van der Waals surface area contributed by atoms with E-state index in [2.05, 4.69) is 19.6 Å². The number of imide groups is 1. The van der Waals surface area contributed by atoms with E-state index in [9.17, 15) is 19.2 Å². The lowest BCUT2D eigenvalue weighted by molar-refractivity contribution is -0.158. The number of ether oxygens (including phenoxy) is 4. The van der Waals surface area contributed by atoms with Crippen molar-refractivity contribution in [3.05, 3.63) is 29.3 Å². The number of benzene rings is 1. The maximum Gasteiger partial charge on any atom is 0.404 e. The van der Waals surface area contributed by atoms with Crippen LogP contribution in [0.3, 0.4) is 0 Å². The Balaban J connectivity index is 1.40. The number of likely N-dealkylation sites (tertiary alicyclic amines) is 1. The molecule has 0 spiro atoms. The van der Waals surface area contributed by atoms with E-state index in [0.717, 1.165) is 10.9 Å². The van der Waals surface area contributed by atoms with E-state index in [1.807, 2.05) is 0 Å². The highest BCUT2D eigenvalue weighted by Crippen LogP contribution is 2.32. The third kappa shape index (κ3) is 5.88. The fourth-order valence-electron chi connectivity index (χ4n) is 4.48. The molecule has 2 saturated heterocycles. The highest BCUT2D eigenvalue weighted by molar-refractivity contribution is 6.76. The molecule has 4 rings (SSSR count). The van der Waals surface area contributed by atoms with Gasteiger partial charge in [-0.25, -0.2) is 4.79 Å². The first-order chi connectivity index (χ1) is 17.0. The van der Waals surface area contributed by atoms with Gasteiger partial charge in [-0.2, -0.15) is 0 Å². The molecule has 0 saturated carbocycles. The lowest BCUT2D eigenvalue weighted by atomic mass is 10.0. The minimum Gasteiger partial charge on any atom is -0.484 e. The summed E-state index contributed by atoms with van der Waals surface area (Å²) in [5.74, 6) is -0.468. The van der Waals surface area contributed by atoms with Crippen LogP contribution in [0.4, 0.5) is 4.79 Å². The van der Waals surface area contributed by atoms with Gasteiger partial charge in [-0.15, -0.1) is 0 Å². The Labute approximate surface area is 210 Å². The van der Waals surface area contributed by atoms with Gasteiger partial charge in [-0.1, -0.05) is 19.6 Å². The van der Waals surface area contributed by atoms with E-state index in [0.29, 0.717) is 23.5 Å². The van der Waals surface area contributed by atoms with Crippen LogP contribution in [0, 0.1) is 0 Å². The SMILES string of the molecule is C[Si](C)(C)CCOCN1C(=O)CCC(N2Cc3cc(O[C@@H]4COC[C@@H]4OC(N)=O)ccc3C2=O)C1=O. The first kappa shape index (κ1) is 26.1. The molecule has 0 aliphatic carbocycles. The number of amides is 4. The van der Waals surface area contributed by atoms with Gasteiger partial charge in [0.05, 0.1) is 13.2 Å². The number of rotatable bonds is 9. The molecule has 36 heavy (non-hydrogen) atoms. The second kappa shape index (κ2) is 10.6. The van der Waals surface area contributed by atoms with Crippen LogP contribution in [-0.2, 0) is 30.3 Å². The summed E-state index contributed by atoms with van der Waals surface area (Å²) in [4.78, 5) is 52.5. The molecule has 3 aliphatic rings. The van der Waals surface area contributed by atoms with Crippen LogP contribution in [0.15, 0.2) is 18.2 Å². The number of nitrogens with two attached hydrogens (primary N) is 1. The molecule has 0 radical (unpaired) electrons. The van der Waals surface area contributed by atoms with Crippen LogP contribution in [-0.4, -0.2) is 86.5 Å². The molecule has 2 fully saturated rings. The molecule has 196 valence electrons. The van der Waals surface area contributed by atoms with Gasteiger partial charge < -0.3 is 29.6 Å². The Kier molecular flexibility index (Phi) is 7.67. The number of carbonyl (C=O) groups excluding carboxylic acids is 4. The molecule has 11 nitrogen and oxygen atoms in total. The zero-order chi connectivity index (χ0) is 26.0. The highest BCUT2D eigenvalue weighted by Gasteiger charge is 2.43. The molecule has 3 aliphatic heterocycles. The van der Waals surface area contributed by atoms with E-state index < -0.39 is 38.3 Å². The van der Waals surface area contributed by atoms with Crippen molar-refractivity contribution in [3.8, 4) is 5.75 Å². The number of hydrogen-bond donors (Lipinski definition) is 1. The van der Waals surface area contributed by atoms with Gasteiger partial charge in [-0.05, 0) is 36.2 Å². The van der Waals surface area contributed by atoms with Crippen molar-refractivity contribution in [2.24, 2.45) is 5.73 Å². The monoisotopic (exact) mass is 519 g/mol. The predicted molar refractivity (Wildman–Crippen MR) is 130 cm³/mol. The van der Waals surface area contributed by atoms with E-state index >= 15 is 0 Å². The second-order valence-electron chi connectivity index (χ2n) is 10.5. The summed E-state index contributed by atoms with van der Waals surface area (Å²) in [5.41, 5.74) is 6.31. The standard InChI is InChI=1S/C24H33N3O8Si/c1-36(2,3)9-8-32-14-27-21(28)7-6-18(23(27)30)26-11-15-10-16(4-5-17(15)22(26)29)34-19-12-33-13-20(19)35-24(25)31/h4-5,10,18-20H,6-9,11-14H2,1-3H3,(H2,25,31)/t18?,19-,20+/m1/s1. The minimum atomic E-state index is -1.30. The van der Waals surface area contributed by atoms with Crippen LogP contribution in [0.1, 0.15) is 28.8 Å². The zero-order valence-electron chi connectivity index (χ0n) is 20.9. The molecule has 1 unspecified atom stereocenters. The van der Waals surface area contributed by atoms with Gasteiger partial charge in [0.2, 0.25) is 5.91 Å². The number of fused-ring (bicyclic) bond motifs is 1. The molecule has 3 atom stereocenters. The fourth-order valence-corrected chi connectivity index (χ4v) is 5.24. The van der Waals surface area contributed by atoms with Crippen molar-refractivity contribution in [2.75, 3.05) is 26.6 Å². The van der Waals surface area contributed by atoms with Crippen molar-refractivity contribution < 1.29 is 38.1 Å². The molecule has 0 aromatic heterocycles. The van der Waals surface area contributed by atoms with Crippen LogP contribution in [0.25, 0.3) is 0 Å². The van der Waals surface area contributed by atoms with Gasteiger partial charge in [0, 0.05) is 33.2 Å². The Bertz CT molecular complexity index is 1040. The Morgan fingerprint density at radius 2 is 1.92 bits per heavy atom. The Morgan fingerprint density at radius 1 is 1.17 bits per heavy atom. The van der Waals surface area contributed by atoms with Crippen molar-refractivity contribution in [1.29, 1.82) is 0 Å². The first-order valence-electron chi connectivity index (χ1n) is 12.1. The largest absolute Gasteiger partial charge is 0.484 e. The van der Waals surface area contributed by atoms with E-state index in [1.54, 1.807) is 18.2 Å². The third-order valence-corrected chi connectivity index (χ3v) is 8.22. The van der Waals surface area contributed by atoms with Gasteiger partial charge in [-0.3, -0.25) is 19.3 Å². The second-order valence-corrected chi connectivity index (χ2v) is 16.1. The zero-order valence-corrected chi connectivity index (χ0v) is 21.9. The molecular formula is C24H33N3O8Si. The summed E-state index contributed by atoms with van der Waals surface area (Å²) in [5, 5.41) is 0. The van der Waals surface area contributed by atoms with E-state index in [-0.39, 0.29) is 51.1 Å². The number of piperidine rings is 1. The summed E-state index contributed by atoms with van der Waals surface area (Å²) in [7, 11) is -1.30. The fraction of sp³-hybridized carbons (Fsp3) is 0.583. The van der Waals surface area contributed by atoms with Crippen LogP contribution >= 0.6 is 0 Å². The number of nitrogens with zero attached hydrogens (tertiary/aromatic N) is 2. The van der Waals surface area contributed by atoms with Crippen LogP contribution in [0.2, 0.25) is 25.7 Å². The number of hydrogen-bond acceptors (Lipinski definition) is 8. The summed E-state index contributed by atoms with van der Waals surface area (Å²) in [6.07, 6.45) is -1.60. The maximum absolute atomic E-state index is 13.2. The van der Waals surface area contributed by atoms with Gasteiger partial charge in [0.1, 0.15) is 18.5 Å². The molecule has 1 aromatic carbocycles. The Morgan fingerprint density at radius 3 is 2.64 bits per heavy atom. The molecule has 0 bridgehead atoms. The third-order valence-electron chi connectivity index (χ3n) is 6.52. The first-order valence-corrected chi connectivity index (χ1v) is 15.8. The molecular weight excluding hydrogens is 486 g/mol. The highest BCUT2D eigenvalue weighted by atomic mass is 28.3. The quantitative estimate of drug-likeness (QED) is 0.296. The van der Waals surface area contributed by atoms with E-state index in [4.69, 9.17) is 24.7 Å². The number of primary amides is 1. The Hall–Kier alpha value is -2.96. The summed E-state index contributed by atoms with van der Waals surface area (Å²) in [6.45, 7) is 7.73. The summed E-state index contributed by atoms with van der Waals surface area (Å²) < 4.78 is 22.0. The average molecular weight is 520 g/mol. The molecule has 2 N–H and O–H groups in total. The average Bonchev–Trinajstić information content (AvgIpc) is 3.35. The molecule has 12 heteroatoms. The lowest BCUT2D eigenvalue weighted by Crippen LogP contribution is -2.55. The van der Waals surface area contributed by atoms with Crippen molar-refractivity contribution in [1.82, 2.24) is 9.80 Å². The number of carbonyl (C=O) groups is 4. The lowest BCUT2D eigenvalue weighted by Gasteiger charge is -2.35. The predicted octanol–water partition coefficient (Wildman–Crippen LogP) is 1.71. The summed E-state index contributed by atoms with van der Waals surface area (Å²) >= 11 is 0. The summed E-state index contributed by atoms with van der Waals surface area (Å²) in [6, 6.07) is 5.25. The van der Waals surface area contributed by atoms with Crippen molar-refractivity contribution in [2.45, 2.75) is 63.3 Å². The van der Waals surface area contributed by atoms with Gasteiger partial charge >= 0.3 is 6.09 Å². The topological polar surface area (TPSA) is 138 Å². The molecule has 3 heterocycles.